The highest BCUT2D eigenvalue weighted by molar-refractivity contribution is 7.99. The maximum Gasteiger partial charge on any atom is 0.325 e. The first-order chi connectivity index (χ1) is 9.15. The zero-order chi connectivity index (χ0) is 13.7. The van der Waals surface area contributed by atoms with Gasteiger partial charge in [0, 0.05) is 5.75 Å². The molecule has 1 aliphatic rings. The average molecular weight is 286 g/mol. The fraction of sp³-hybridized carbons (Fsp3) is 0.818. The van der Waals surface area contributed by atoms with E-state index in [0.717, 1.165) is 6.42 Å². The maximum absolute atomic E-state index is 10.6. The van der Waals surface area contributed by atoms with Crippen LogP contribution in [-0.2, 0) is 11.3 Å². The van der Waals surface area contributed by atoms with E-state index in [4.69, 9.17) is 5.11 Å². The van der Waals surface area contributed by atoms with Gasteiger partial charge in [-0.25, -0.2) is 4.68 Å². The largest absolute Gasteiger partial charge is 0.480 e. The number of tetrazole rings is 1. The van der Waals surface area contributed by atoms with Crippen LogP contribution in [0.5, 0.6) is 0 Å². The number of nitrogens with zero attached hydrogens (tertiary/aromatic N) is 4. The molecule has 1 atom stereocenters. The molecule has 1 aromatic heterocycles. The number of carboxylic acids is 1. The lowest BCUT2D eigenvalue weighted by Crippen LogP contribution is -2.16. The molecule has 1 heterocycles. The van der Waals surface area contributed by atoms with Crippen LogP contribution in [0.4, 0.5) is 0 Å². The number of aliphatic carboxylic acids is 1. The number of rotatable bonds is 7. The zero-order valence-electron chi connectivity index (χ0n) is 10.6. The summed E-state index contributed by atoms with van der Waals surface area (Å²) in [4.78, 5) is 10.6. The molecule has 1 aromatic rings. The topological polar surface area (TPSA) is 101 Å². The molecule has 0 saturated heterocycles. The number of carboxylic acid groups (broad SMARTS) is 1. The maximum atomic E-state index is 10.6. The third kappa shape index (κ3) is 4.46. The first-order valence-electron chi connectivity index (χ1n) is 6.44. The molecule has 0 radical (unpaired) electrons. The summed E-state index contributed by atoms with van der Waals surface area (Å²) in [6, 6.07) is 0. The van der Waals surface area contributed by atoms with Crippen LogP contribution in [0.25, 0.3) is 0 Å². The van der Waals surface area contributed by atoms with Gasteiger partial charge in [0.1, 0.15) is 6.54 Å². The Balaban J connectivity index is 1.77. The Morgan fingerprint density at radius 3 is 2.89 bits per heavy atom. The molecule has 0 spiro atoms. The minimum absolute atomic E-state index is 0.256. The SMILES string of the molecule is O=C(O)Cn1nnnc1SCC(O)CC1CCCC1. The van der Waals surface area contributed by atoms with Crippen molar-refractivity contribution in [2.24, 2.45) is 5.92 Å². The van der Waals surface area contributed by atoms with Crippen molar-refractivity contribution < 1.29 is 15.0 Å². The van der Waals surface area contributed by atoms with E-state index in [1.165, 1.54) is 42.1 Å². The van der Waals surface area contributed by atoms with E-state index in [1.807, 2.05) is 0 Å². The van der Waals surface area contributed by atoms with Crippen molar-refractivity contribution in [1.29, 1.82) is 0 Å². The quantitative estimate of drug-likeness (QED) is 0.714. The van der Waals surface area contributed by atoms with Crippen molar-refractivity contribution in [2.75, 3.05) is 5.75 Å². The second-order valence-corrected chi connectivity index (χ2v) is 5.85. The lowest BCUT2D eigenvalue weighted by molar-refractivity contribution is -0.138. The van der Waals surface area contributed by atoms with Gasteiger partial charge in [-0.15, -0.1) is 5.10 Å². The summed E-state index contributed by atoms with van der Waals surface area (Å²) in [5, 5.41) is 29.9. The van der Waals surface area contributed by atoms with Gasteiger partial charge in [-0.3, -0.25) is 4.79 Å². The van der Waals surface area contributed by atoms with E-state index in [9.17, 15) is 9.90 Å². The highest BCUT2D eigenvalue weighted by Gasteiger charge is 2.20. The third-order valence-corrected chi connectivity index (χ3v) is 4.37. The molecule has 0 aliphatic heterocycles. The molecule has 0 aromatic carbocycles. The highest BCUT2D eigenvalue weighted by Crippen LogP contribution is 2.29. The molecular weight excluding hydrogens is 268 g/mol. The van der Waals surface area contributed by atoms with Gasteiger partial charge in [-0.1, -0.05) is 37.4 Å². The molecule has 2 rings (SSSR count). The van der Waals surface area contributed by atoms with Gasteiger partial charge in [0.25, 0.3) is 0 Å². The summed E-state index contributed by atoms with van der Waals surface area (Å²) < 4.78 is 1.23. The Kier molecular flexibility index (Phi) is 5.15. The van der Waals surface area contributed by atoms with E-state index in [0.29, 0.717) is 16.8 Å². The van der Waals surface area contributed by atoms with Gasteiger partial charge < -0.3 is 10.2 Å². The second kappa shape index (κ2) is 6.85. The van der Waals surface area contributed by atoms with Crippen molar-refractivity contribution >= 4 is 17.7 Å². The second-order valence-electron chi connectivity index (χ2n) is 4.86. The molecule has 1 aliphatic carbocycles. The van der Waals surface area contributed by atoms with E-state index < -0.39 is 5.97 Å². The van der Waals surface area contributed by atoms with Crippen molar-refractivity contribution in [2.45, 2.75) is 49.9 Å². The number of hydrogen-bond donors (Lipinski definition) is 2. The molecular formula is C11H18N4O3S. The summed E-state index contributed by atoms with van der Waals surface area (Å²) in [5.74, 6) is 0.141. The average Bonchev–Trinajstić information content (AvgIpc) is 2.97. The molecule has 1 saturated carbocycles. The zero-order valence-corrected chi connectivity index (χ0v) is 11.4. The lowest BCUT2D eigenvalue weighted by Gasteiger charge is -2.14. The summed E-state index contributed by atoms with van der Waals surface area (Å²) in [6.07, 6.45) is 5.37. The van der Waals surface area contributed by atoms with Crippen molar-refractivity contribution in [3.05, 3.63) is 0 Å². The van der Waals surface area contributed by atoms with E-state index >= 15 is 0 Å². The van der Waals surface area contributed by atoms with Crippen molar-refractivity contribution in [3.63, 3.8) is 0 Å². The predicted octanol–water partition coefficient (Wildman–Crippen LogP) is 0.791. The third-order valence-electron chi connectivity index (χ3n) is 3.27. The van der Waals surface area contributed by atoms with E-state index in [1.54, 1.807) is 0 Å². The van der Waals surface area contributed by atoms with Crippen LogP contribution in [0.3, 0.4) is 0 Å². The Hall–Kier alpha value is -1.15. The molecule has 1 unspecified atom stereocenters. The van der Waals surface area contributed by atoms with Crippen molar-refractivity contribution in [1.82, 2.24) is 20.2 Å². The number of thioether (sulfide) groups is 1. The predicted molar refractivity (Wildman–Crippen MR) is 68.8 cm³/mol. The van der Waals surface area contributed by atoms with Gasteiger partial charge in [0.2, 0.25) is 5.16 Å². The van der Waals surface area contributed by atoms with Crippen LogP contribution in [-0.4, -0.2) is 48.2 Å². The first kappa shape index (κ1) is 14.3. The number of carbonyl (C=O) groups is 1. The van der Waals surface area contributed by atoms with E-state index in [-0.39, 0.29) is 12.6 Å². The summed E-state index contributed by atoms with van der Waals surface area (Å²) in [7, 11) is 0. The highest BCUT2D eigenvalue weighted by atomic mass is 32.2. The van der Waals surface area contributed by atoms with Crippen LogP contribution < -0.4 is 0 Å². The summed E-state index contributed by atoms with van der Waals surface area (Å²) in [6.45, 7) is -0.256. The molecule has 19 heavy (non-hydrogen) atoms. The standard InChI is InChI=1S/C11H18N4O3S/c16-9(5-8-3-1-2-4-8)7-19-11-12-13-14-15(11)6-10(17)18/h8-9,16H,1-7H2,(H,17,18). The van der Waals surface area contributed by atoms with Crippen LogP contribution in [0.1, 0.15) is 32.1 Å². The monoisotopic (exact) mass is 286 g/mol. The van der Waals surface area contributed by atoms with Gasteiger partial charge in [0.05, 0.1) is 6.10 Å². The number of hydrogen-bond acceptors (Lipinski definition) is 6. The van der Waals surface area contributed by atoms with Gasteiger partial charge >= 0.3 is 5.97 Å². The minimum Gasteiger partial charge on any atom is -0.480 e. The van der Waals surface area contributed by atoms with Crippen molar-refractivity contribution in [3.8, 4) is 0 Å². The van der Waals surface area contributed by atoms with Gasteiger partial charge in [-0.2, -0.15) is 0 Å². The normalized spacial score (nSPS) is 17.7. The van der Waals surface area contributed by atoms with Crippen LogP contribution in [0.15, 0.2) is 5.16 Å². The smallest absolute Gasteiger partial charge is 0.325 e. The fourth-order valence-corrected chi connectivity index (χ4v) is 3.22. The molecule has 0 bridgehead atoms. The van der Waals surface area contributed by atoms with Crippen LogP contribution >= 0.6 is 11.8 Å². The fourth-order valence-electron chi connectivity index (χ4n) is 2.40. The van der Waals surface area contributed by atoms with Gasteiger partial charge in [-0.05, 0) is 22.8 Å². The minimum atomic E-state index is -0.986. The Morgan fingerprint density at radius 1 is 1.47 bits per heavy atom. The lowest BCUT2D eigenvalue weighted by atomic mass is 10.0. The summed E-state index contributed by atoms with van der Waals surface area (Å²) >= 11 is 1.30. The number of aromatic nitrogens is 4. The Bertz CT molecular complexity index is 420. The molecule has 1 fully saturated rings. The summed E-state index contributed by atoms with van der Waals surface area (Å²) in [5.41, 5.74) is 0. The molecule has 2 N–H and O–H groups in total. The number of aliphatic hydroxyl groups is 1. The molecule has 0 amide bonds. The van der Waals surface area contributed by atoms with Crippen LogP contribution in [0, 0.1) is 5.92 Å². The Labute approximate surface area is 115 Å². The first-order valence-corrected chi connectivity index (χ1v) is 7.42. The number of aliphatic hydroxyl groups excluding tert-OH is 1. The Morgan fingerprint density at radius 2 is 2.21 bits per heavy atom. The van der Waals surface area contributed by atoms with Crippen LogP contribution in [0.2, 0.25) is 0 Å². The molecule has 106 valence electrons. The van der Waals surface area contributed by atoms with Gasteiger partial charge in [0.15, 0.2) is 0 Å². The van der Waals surface area contributed by atoms with E-state index in [2.05, 4.69) is 15.5 Å². The molecule has 7 nitrogen and oxygen atoms in total. The molecule has 8 heteroatoms.